The second-order valence-electron chi connectivity index (χ2n) is 4.56. The van der Waals surface area contributed by atoms with Gasteiger partial charge in [0.2, 0.25) is 5.91 Å². The van der Waals surface area contributed by atoms with Gasteiger partial charge in [-0.15, -0.1) is 0 Å². The Morgan fingerprint density at radius 3 is 2.72 bits per heavy atom. The zero-order chi connectivity index (χ0) is 13.7. The lowest BCUT2D eigenvalue weighted by Crippen LogP contribution is -2.38. The summed E-state index contributed by atoms with van der Waals surface area (Å²) in [5.74, 6) is -0.0696. The Balaban J connectivity index is 2.45. The van der Waals surface area contributed by atoms with E-state index in [2.05, 4.69) is 5.32 Å². The molecule has 0 bridgehead atoms. The van der Waals surface area contributed by atoms with Gasteiger partial charge >= 0.3 is 4.87 Å². The Kier molecular flexibility index (Phi) is 5.55. The molecule has 2 atom stereocenters. The minimum absolute atomic E-state index is 0.0274. The number of rotatable bonds is 6. The Hall–Kier alpha value is -1.14. The van der Waals surface area contributed by atoms with Crippen molar-refractivity contribution in [2.75, 3.05) is 6.61 Å². The molecule has 0 radical (unpaired) electrons. The molecule has 102 valence electrons. The van der Waals surface area contributed by atoms with Crippen LogP contribution in [0.1, 0.15) is 26.0 Å². The first kappa shape index (κ1) is 14.9. The fourth-order valence-corrected chi connectivity index (χ4v) is 2.28. The lowest BCUT2D eigenvalue weighted by molar-refractivity contribution is -0.122. The van der Waals surface area contributed by atoms with Gasteiger partial charge in [-0.2, -0.15) is 0 Å². The van der Waals surface area contributed by atoms with Crippen molar-refractivity contribution >= 4 is 17.2 Å². The van der Waals surface area contributed by atoms with Crippen LogP contribution >= 0.6 is 11.3 Å². The van der Waals surface area contributed by atoms with Gasteiger partial charge in [0.05, 0.1) is 0 Å². The third kappa shape index (κ3) is 3.96. The number of aromatic nitrogens is 1. The first-order valence-electron chi connectivity index (χ1n) is 6.00. The number of thiazole rings is 1. The Morgan fingerprint density at radius 1 is 1.56 bits per heavy atom. The maximum atomic E-state index is 11.7. The van der Waals surface area contributed by atoms with Crippen LogP contribution in [-0.2, 0) is 11.3 Å². The van der Waals surface area contributed by atoms with Crippen LogP contribution in [0.2, 0.25) is 0 Å². The standard InChI is InChI=1S/C12H20N2O3S/c1-8(6-15)10(3)13-11(16)4-5-14-9(2)7-18-12(14)17/h7-8,10,15H,4-6H2,1-3H3,(H,13,16). The molecule has 0 aromatic carbocycles. The minimum atomic E-state index is -0.0969. The van der Waals surface area contributed by atoms with Crippen LogP contribution in [-0.4, -0.2) is 28.2 Å². The van der Waals surface area contributed by atoms with Crippen LogP contribution in [0.4, 0.5) is 0 Å². The van der Waals surface area contributed by atoms with E-state index in [1.165, 1.54) is 0 Å². The molecule has 1 aromatic rings. The molecule has 1 heterocycles. The number of hydrogen-bond acceptors (Lipinski definition) is 4. The summed E-state index contributed by atoms with van der Waals surface area (Å²) in [5.41, 5.74) is 0.884. The summed E-state index contributed by atoms with van der Waals surface area (Å²) < 4.78 is 1.60. The van der Waals surface area contributed by atoms with Gasteiger partial charge in [-0.3, -0.25) is 9.59 Å². The van der Waals surface area contributed by atoms with E-state index >= 15 is 0 Å². The number of aliphatic hydroxyl groups is 1. The van der Waals surface area contributed by atoms with Crippen molar-refractivity contribution in [1.82, 2.24) is 9.88 Å². The highest BCUT2D eigenvalue weighted by molar-refractivity contribution is 7.07. The summed E-state index contributed by atoms with van der Waals surface area (Å²) in [4.78, 5) is 23.1. The number of carbonyl (C=O) groups excluding carboxylic acids is 1. The van der Waals surface area contributed by atoms with Crippen LogP contribution in [0.25, 0.3) is 0 Å². The van der Waals surface area contributed by atoms with Crippen molar-refractivity contribution in [2.24, 2.45) is 5.92 Å². The molecule has 0 aliphatic heterocycles. The highest BCUT2D eigenvalue weighted by Gasteiger charge is 2.14. The maximum Gasteiger partial charge on any atom is 0.307 e. The number of nitrogens with one attached hydrogen (secondary N) is 1. The molecule has 6 heteroatoms. The molecule has 1 aromatic heterocycles. The summed E-state index contributed by atoms with van der Waals surface area (Å²) in [5, 5.41) is 13.6. The molecule has 2 N–H and O–H groups in total. The van der Waals surface area contributed by atoms with Crippen molar-refractivity contribution in [3.63, 3.8) is 0 Å². The molecule has 0 aliphatic carbocycles. The first-order chi connectivity index (χ1) is 8.45. The van der Waals surface area contributed by atoms with E-state index < -0.39 is 0 Å². The molecule has 0 saturated carbocycles. The molecular formula is C12H20N2O3S. The molecule has 2 unspecified atom stereocenters. The molecule has 5 nitrogen and oxygen atoms in total. The summed E-state index contributed by atoms with van der Waals surface area (Å²) in [6.07, 6.45) is 0.278. The van der Waals surface area contributed by atoms with Gasteiger partial charge in [0.15, 0.2) is 0 Å². The van der Waals surface area contributed by atoms with Gasteiger partial charge in [0, 0.05) is 36.7 Å². The smallest absolute Gasteiger partial charge is 0.307 e. The number of aryl methyl sites for hydroxylation is 1. The van der Waals surface area contributed by atoms with E-state index in [-0.39, 0.29) is 35.8 Å². The third-order valence-electron chi connectivity index (χ3n) is 3.07. The quantitative estimate of drug-likeness (QED) is 0.802. The third-order valence-corrected chi connectivity index (χ3v) is 3.95. The molecule has 0 saturated heterocycles. The van der Waals surface area contributed by atoms with Crippen molar-refractivity contribution in [3.05, 3.63) is 20.7 Å². The van der Waals surface area contributed by atoms with Gasteiger partial charge in [0.1, 0.15) is 0 Å². The van der Waals surface area contributed by atoms with E-state index in [4.69, 9.17) is 5.11 Å². The fourth-order valence-electron chi connectivity index (χ4n) is 1.51. The number of carbonyl (C=O) groups is 1. The lowest BCUT2D eigenvalue weighted by atomic mass is 10.1. The monoisotopic (exact) mass is 272 g/mol. The summed E-state index contributed by atoms with van der Waals surface area (Å²) in [6, 6.07) is -0.0669. The van der Waals surface area contributed by atoms with E-state index in [0.717, 1.165) is 17.0 Å². The number of aliphatic hydroxyl groups excluding tert-OH is 1. The van der Waals surface area contributed by atoms with Crippen LogP contribution < -0.4 is 10.2 Å². The van der Waals surface area contributed by atoms with Crippen LogP contribution in [0.5, 0.6) is 0 Å². The van der Waals surface area contributed by atoms with Gasteiger partial charge in [-0.1, -0.05) is 18.3 Å². The predicted molar refractivity (Wildman–Crippen MR) is 71.8 cm³/mol. The number of nitrogens with zero attached hydrogens (tertiary/aromatic N) is 1. The summed E-state index contributed by atoms with van der Waals surface area (Å²) in [6.45, 7) is 6.04. The normalized spacial score (nSPS) is 14.2. The largest absolute Gasteiger partial charge is 0.396 e. The molecular weight excluding hydrogens is 252 g/mol. The summed E-state index contributed by atoms with van der Waals surface area (Å²) in [7, 11) is 0. The van der Waals surface area contributed by atoms with Crippen LogP contribution in [0.15, 0.2) is 10.2 Å². The molecule has 18 heavy (non-hydrogen) atoms. The Morgan fingerprint density at radius 2 is 2.22 bits per heavy atom. The van der Waals surface area contributed by atoms with Crippen LogP contribution in [0.3, 0.4) is 0 Å². The van der Waals surface area contributed by atoms with Gasteiger partial charge in [-0.05, 0) is 19.8 Å². The van der Waals surface area contributed by atoms with E-state index in [0.29, 0.717) is 6.54 Å². The van der Waals surface area contributed by atoms with Crippen molar-refractivity contribution in [3.8, 4) is 0 Å². The Labute approximate surface area is 110 Å². The van der Waals surface area contributed by atoms with E-state index in [9.17, 15) is 9.59 Å². The highest BCUT2D eigenvalue weighted by Crippen LogP contribution is 2.03. The average Bonchev–Trinajstić information content (AvgIpc) is 2.65. The molecule has 1 amide bonds. The van der Waals surface area contributed by atoms with Crippen molar-refractivity contribution in [2.45, 2.75) is 39.8 Å². The Bertz CT molecular complexity index is 452. The fraction of sp³-hybridized carbons (Fsp3) is 0.667. The minimum Gasteiger partial charge on any atom is -0.396 e. The summed E-state index contributed by atoms with van der Waals surface area (Å²) >= 11 is 1.15. The van der Waals surface area contributed by atoms with Crippen molar-refractivity contribution in [1.29, 1.82) is 0 Å². The topological polar surface area (TPSA) is 71.3 Å². The predicted octanol–water partition coefficient (Wildman–Crippen LogP) is 0.741. The number of amides is 1. The second kappa shape index (κ2) is 6.70. The van der Waals surface area contributed by atoms with Crippen LogP contribution in [0, 0.1) is 12.8 Å². The molecule has 0 fully saturated rings. The van der Waals surface area contributed by atoms with Gasteiger partial charge in [-0.25, -0.2) is 0 Å². The molecule has 1 rings (SSSR count). The van der Waals surface area contributed by atoms with Crippen molar-refractivity contribution < 1.29 is 9.90 Å². The number of hydrogen-bond donors (Lipinski definition) is 2. The maximum absolute atomic E-state index is 11.7. The highest BCUT2D eigenvalue weighted by atomic mass is 32.1. The SMILES string of the molecule is Cc1csc(=O)n1CCC(=O)NC(C)C(C)CO. The lowest BCUT2D eigenvalue weighted by Gasteiger charge is -2.19. The zero-order valence-corrected chi connectivity index (χ0v) is 11.8. The second-order valence-corrected chi connectivity index (χ2v) is 5.38. The first-order valence-corrected chi connectivity index (χ1v) is 6.88. The van der Waals surface area contributed by atoms with Gasteiger partial charge in [0.25, 0.3) is 0 Å². The molecule has 0 spiro atoms. The average molecular weight is 272 g/mol. The van der Waals surface area contributed by atoms with E-state index in [1.54, 1.807) is 9.95 Å². The van der Waals surface area contributed by atoms with Gasteiger partial charge < -0.3 is 15.0 Å². The van der Waals surface area contributed by atoms with E-state index in [1.807, 2.05) is 20.8 Å². The molecule has 0 aliphatic rings. The zero-order valence-electron chi connectivity index (χ0n) is 11.0.